The van der Waals surface area contributed by atoms with E-state index in [1.54, 1.807) is 0 Å². The summed E-state index contributed by atoms with van der Waals surface area (Å²) in [5.41, 5.74) is 0.743. The summed E-state index contributed by atoms with van der Waals surface area (Å²) in [6.45, 7) is 9.88. The van der Waals surface area contributed by atoms with Crippen LogP contribution in [0.1, 0.15) is 119 Å². The van der Waals surface area contributed by atoms with E-state index in [1.165, 1.54) is 18.1 Å². The van der Waals surface area contributed by atoms with Gasteiger partial charge in [-0.05, 0) is 93.8 Å². The summed E-state index contributed by atoms with van der Waals surface area (Å²) in [7, 11) is 0. The molecule has 7 aliphatic heterocycles. The summed E-state index contributed by atoms with van der Waals surface area (Å²) in [6.07, 6.45) is -48.7. The van der Waals surface area contributed by atoms with Gasteiger partial charge in [0, 0.05) is 17.3 Å². The van der Waals surface area contributed by atoms with Crippen molar-refractivity contribution in [1.82, 2.24) is 0 Å². The molecule has 0 radical (unpaired) electrons. The Kier molecular flexibility index (Phi) is 23.3. The molecule has 558 valence electrons. The SMILES string of the molecule is CCC(=O)C1C[C@@H](C)[C@]2(CC[C@@]3(C)C4=C(CC[C@@]32C)[C@@]2(C)CC[C@H](O[C@@H]3O[C@H](CO[C@@H]5OC[C@H](O)[C@H](O)[C@H]5O[C@@H]5O[C@H](CO)[C@@H](O)[C@H](O[C@@H]6O[C@H](CO)[C@@H](O)[C@H](O)[C@H]6O[C@@H]6O[C@H](CO)[C@@H](O)[C@H](O)[C@H]6O)[C@H]5O[C@@H]5O[C@@H](C)[C@H](O)[C@@H](O)[C@H]5O)[C@@H](O)[C@H](O)[C@H]3O)[C@](CC)(CO)[C@@H]2CC4)O1. The third-order valence-electron chi connectivity index (χ3n) is 25.1. The van der Waals surface area contributed by atoms with Crippen LogP contribution >= 0.6 is 0 Å². The first kappa shape index (κ1) is 76.3. The predicted molar refractivity (Wildman–Crippen MR) is 323 cm³/mol. The molecule has 0 bridgehead atoms. The molecule has 1 spiro atoms. The number of carbonyl (C=O) groups is 1. The van der Waals surface area contributed by atoms with Gasteiger partial charge in [0.15, 0.2) is 43.5 Å². The van der Waals surface area contributed by atoms with Gasteiger partial charge in [0.05, 0.1) is 57.5 Å². The second kappa shape index (κ2) is 29.6. The average Bonchev–Trinajstić information content (AvgIpc) is 1.53. The minimum atomic E-state index is -2.16. The molecule has 0 amide bonds. The van der Waals surface area contributed by atoms with Crippen LogP contribution < -0.4 is 0 Å². The highest BCUT2D eigenvalue weighted by Gasteiger charge is 2.73. The zero-order valence-electron chi connectivity index (χ0n) is 55.8. The standard InChI is InChI=1S/C65H106O32/c1-8-29(70)31-18-25(3)65(97-31)17-16-62(6)28-10-11-36-61(5,27(28)12-15-63(62,65)7)14-13-37(64(36,9-2)24-69)92-56-49(83)46(80)42(76)35(91-56)23-86-58-52(39(73)30(71)22-85-58)95-60-54(96-55-48(82)44(78)38(72)26(4)87-55)51(43(77)34(21-68)90-60)93-59-53(47(81)41(75)33(20-67)89-59)94-57-50(84)45(79)40(74)32(19-66)88-57/h25-26,30-60,66-69,71-84H,8-24H2,1-7H3/t25-,26+,30+,31?,32-,33-,34-,35-,36-,37+,38+,39+,40-,41-,42-,43-,44-,45+,46+,47+,48-,49-,50-,51+,52-,53-,54-,55+,56+,57+,58+,59+,60+,61-,62+,63+,64-,65+/m1/s1. The molecule has 4 aliphatic carbocycles. The highest BCUT2D eigenvalue weighted by Crippen LogP contribution is 2.76. The van der Waals surface area contributed by atoms with Gasteiger partial charge in [-0.3, -0.25) is 4.79 Å². The van der Waals surface area contributed by atoms with Crippen LogP contribution in [0.15, 0.2) is 11.1 Å². The number of rotatable bonds is 20. The minimum Gasteiger partial charge on any atom is -0.396 e. The summed E-state index contributed by atoms with van der Waals surface area (Å²) in [4.78, 5) is 13.1. The van der Waals surface area contributed by atoms with Crippen molar-refractivity contribution in [1.29, 1.82) is 0 Å². The first-order valence-electron chi connectivity index (χ1n) is 34.6. The second-order valence-electron chi connectivity index (χ2n) is 29.8. The van der Waals surface area contributed by atoms with Crippen molar-refractivity contribution in [3.05, 3.63) is 11.1 Å². The molecule has 11 rings (SSSR count). The molecule has 1 unspecified atom stereocenters. The zero-order valence-corrected chi connectivity index (χ0v) is 55.8. The van der Waals surface area contributed by atoms with Crippen molar-refractivity contribution in [2.24, 2.45) is 33.5 Å². The predicted octanol–water partition coefficient (Wildman–Crippen LogP) is -5.40. The largest absolute Gasteiger partial charge is 0.396 e. The maximum Gasteiger partial charge on any atom is 0.187 e. The number of hydrogen-bond acceptors (Lipinski definition) is 32. The molecule has 38 atom stereocenters. The van der Waals surface area contributed by atoms with Crippen LogP contribution in [0.2, 0.25) is 0 Å². The molecule has 7 saturated heterocycles. The zero-order chi connectivity index (χ0) is 70.5. The second-order valence-corrected chi connectivity index (χ2v) is 29.8. The van der Waals surface area contributed by atoms with E-state index in [2.05, 4.69) is 27.7 Å². The van der Waals surface area contributed by atoms with Crippen molar-refractivity contribution < 1.29 is 158 Å². The third-order valence-corrected chi connectivity index (χ3v) is 25.1. The van der Waals surface area contributed by atoms with E-state index in [0.29, 0.717) is 32.1 Å². The van der Waals surface area contributed by atoms with E-state index in [-0.39, 0.29) is 40.5 Å². The van der Waals surface area contributed by atoms with E-state index in [0.717, 1.165) is 38.5 Å². The Balaban J connectivity index is 0.830. The molecule has 0 aromatic heterocycles. The van der Waals surface area contributed by atoms with Crippen molar-refractivity contribution >= 4 is 5.78 Å². The lowest BCUT2D eigenvalue weighted by molar-refractivity contribution is -0.414. The van der Waals surface area contributed by atoms with Crippen molar-refractivity contribution in [2.45, 2.75) is 315 Å². The van der Waals surface area contributed by atoms with Gasteiger partial charge in [0.25, 0.3) is 0 Å². The minimum absolute atomic E-state index is 0.0992. The maximum atomic E-state index is 13.1. The third kappa shape index (κ3) is 12.9. The first-order chi connectivity index (χ1) is 45.9. The van der Waals surface area contributed by atoms with Gasteiger partial charge < -0.3 is 153 Å². The van der Waals surface area contributed by atoms with Crippen LogP contribution in [0.3, 0.4) is 0 Å². The maximum absolute atomic E-state index is 13.1. The summed E-state index contributed by atoms with van der Waals surface area (Å²) >= 11 is 0. The summed E-state index contributed by atoms with van der Waals surface area (Å²) in [6, 6.07) is 0. The number of fused-ring (bicyclic) bond motifs is 5. The number of aliphatic hydroxyl groups is 18. The van der Waals surface area contributed by atoms with Crippen LogP contribution in [-0.2, 0) is 66.4 Å². The van der Waals surface area contributed by atoms with E-state index in [9.17, 15) is 96.7 Å². The van der Waals surface area contributed by atoms with Gasteiger partial charge in [-0.15, -0.1) is 0 Å². The molecule has 97 heavy (non-hydrogen) atoms. The molecule has 0 aromatic rings. The first-order valence-corrected chi connectivity index (χ1v) is 34.6. The van der Waals surface area contributed by atoms with Crippen LogP contribution in [0.5, 0.6) is 0 Å². The summed E-state index contributed by atoms with van der Waals surface area (Å²) < 4.78 is 80.0. The topological polar surface area (TPSA) is 501 Å². The van der Waals surface area contributed by atoms with Crippen molar-refractivity contribution in [2.75, 3.05) is 39.6 Å². The number of ether oxygens (including phenoxy) is 13. The molecule has 9 fully saturated rings. The number of carbonyl (C=O) groups excluding carboxylic acids is 1. The van der Waals surface area contributed by atoms with E-state index in [1.807, 2.05) is 13.8 Å². The Hall–Kier alpha value is -1.83. The van der Waals surface area contributed by atoms with Crippen LogP contribution in [-0.4, -0.2) is 333 Å². The monoisotopic (exact) mass is 1400 g/mol. The molecule has 32 heteroatoms. The highest BCUT2D eigenvalue weighted by atomic mass is 16.8. The normalized spacial score (nSPS) is 54.2. The Morgan fingerprint density at radius 3 is 1.65 bits per heavy atom. The molecule has 2 saturated carbocycles. The fourth-order valence-corrected chi connectivity index (χ4v) is 18.9. The summed E-state index contributed by atoms with van der Waals surface area (Å²) in [5, 5.41) is 200. The molecule has 7 heterocycles. The Morgan fingerprint density at radius 1 is 0.505 bits per heavy atom. The molecule has 18 N–H and O–H groups in total. The lowest BCUT2D eigenvalue weighted by Gasteiger charge is -2.64. The number of aliphatic hydroxyl groups excluding tert-OH is 18. The quantitative estimate of drug-likeness (QED) is 0.0506. The molecular formula is C65H106O32. The number of ketones is 1. The number of hydrogen-bond donors (Lipinski definition) is 18. The lowest BCUT2D eigenvalue weighted by Crippen LogP contribution is -2.69. The van der Waals surface area contributed by atoms with Crippen molar-refractivity contribution in [3.8, 4) is 0 Å². The fourth-order valence-electron chi connectivity index (χ4n) is 18.9. The fraction of sp³-hybridized carbons (Fsp3) is 0.954. The van der Waals surface area contributed by atoms with Crippen molar-refractivity contribution in [3.63, 3.8) is 0 Å². The van der Waals surface area contributed by atoms with Gasteiger partial charge in [0.1, 0.15) is 140 Å². The molecule has 11 aliphatic rings. The molecule has 32 nitrogen and oxygen atoms in total. The Morgan fingerprint density at radius 2 is 1.03 bits per heavy atom. The van der Waals surface area contributed by atoms with Gasteiger partial charge in [-0.1, -0.05) is 52.7 Å². The summed E-state index contributed by atoms with van der Waals surface area (Å²) in [5.74, 6) is 0.240. The average molecular weight is 1400 g/mol. The van der Waals surface area contributed by atoms with Gasteiger partial charge >= 0.3 is 0 Å². The Bertz CT molecular complexity index is 2690. The molecular weight excluding hydrogens is 1290 g/mol. The number of allylic oxidation sites excluding steroid dienone is 2. The van der Waals surface area contributed by atoms with Gasteiger partial charge in [0.2, 0.25) is 0 Å². The van der Waals surface area contributed by atoms with Crippen LogP contribution in [0, 0.1) is 33.5 Å². The van der Waals surface area contributed by atoms with Crippen LogP contribution in [0.25, 0.3) is 0 Å². The smallest absolute Gasteiger partial charge is 0.187 e. The van der Waals surface area contributed by atoms with E-state index in [4.69, 9.17) is 61.6 Å². The van der Waals surface area contributed by atoms with Gasteiger partial charge in [-0.2, -0.15) is 0 Å². The molecule has 0 aromatic carbocycles. The van der Waals surface area contributed by atoms with Crippen LogP contribution in [0.4, 0.5) is 0 Å². The number of Topliss-reactive ketones (excluding diaryl/α,β-unsaturated/α-hetero) is 1. The Labute approximate surface area is 561 Å². The van der Waals surface area contributed by atoms with E-state index < -0.39 is 234 Å². The highest BCUT2D eigenvalue weighted by molar-refractivity contribution is 5.83. The van der Waals surface area contributed by atoms with E-state index >= 15 is 0 Å². The van der Waals surface area contributed by atoms with Gasteiger partial charge in [-0.25, -0.2) is 0 Å². The lowest BCUT2D eigenvalue weighted by atomic mass is 9.42.